The van der Waals surface area contributed by atoms with Gasteiger partial charge in [0.2, 0.25) is 0 Å². The Bertz CT molecular complexity index is 969. The number of halogens is 2. The quantitative estimate of drug-likeness (QED) is 0.723. The molecule has 2 N–H and O–H groups in total. The van der Waals surface area contributed by atoms with E-state index < -0.39 is 6.61 Å². The van der Waals surface area contributed by atoms with Gasteiger partial charge >= 0.3 is 6.61 Å². The van der Waals surface area contributed by atoms with Gasteiger partial charge in [-0.2, -0.15) is 13.9 Å². The van der Waals surface area contributed by atoms with Gasteiger partial charge in [-0.3, -0.25) is 9.58 Å². The van der Waals surface area contributed by atoms with Crippen LogP contribution in [0.25, 0.3) is 11.3 Å². The maximum atomic E-state index is 12.7. The van der Waals surface area contributed by atoms with Gasteiger partial charge in [0.25, 0.3) is 0 Å². The number of nitrogens with zero attached hydrogens (tertiary/aromatic N) is 4. The van der Waals surface area contributed by atoms with Gasteiger partial charge in [-0.05, 0) is 57.6 Å². The fraction of sp³-hybridized carbons (Fsp3) is 0.652. The summed E-state index contributed by atoms with van der Waals surface area (Å²) >= 11 is 0. The minimum atomic E-state index is -2.95. The first-order valence-electron chi connectivity index (χ1n) is 11.5. The van der Waals surface area contributed by atoms with Crippen LogP contribution in [0.2, 0.25) is 0 Å². The summed E-state index contributed by atoms with van der Waals surface area (Å²) in [6, 6.07) is 4.92. The van der Waals surface area contributed by atoms with Crippen molar-refractivity contribution in [3.63, 3.8) is 0 Å². The molecule has 2 saturated carbocycles. The molecule has 0 amide bonds. The fourth-order valence-corrected chi connectivity index (χ4v) is 5.80. The summed E-state index contributed by atoms with van der Waals surface area (Å²) in [4.78, 5) is 6.66. The topological polar surface area (TPSA) is 78.4 Å². The highest BCUT2D eigenvalue weighted by Crippen LogP contribution is 2.64. The Morgan fingerprint density at radius 3 is 2.62 bits per heavy atom. The van der Waals surface area contributed by atoms with Crippen LogP contribution in [0, 0.1) is 11.8 Å². The fourth-order valence-electron chi connectivity index (χ4n) is 5.80. The van der Waals surface area contributed by atoms with Gasteiger partial charge < -0.3 is 15.2 Å². The number of hydrogen-bond donors (Lipinski definition) is 1. The van der Waals surface area contributed by atoms with Crippen molar-refractivity contribution in [3.05, 3.63) is 24.0 Å². The van der Waals surface area contributed by atoms with Crippen molar-refractivity contribution in [3.8, 4) is 17.0 Å². The van der Waals surface area contributed by atoms with Gasteiger partial charge in [0, 0.05) is 48.0 Å². The molecule has 2 aromatic heterocycles. The molecular weight excluding hydrogens is 416 g/mol. The Hall–Kier alpha value is -2.26. The van der Waals surface area contributed by atoms with Crippen LogP contribution in [-0.2, 0) is 4.74 Å². The molecule has 7 nitrogen and oxygen atoms in total. The summed E-state index contributed by atoms with van der Waals surface area (Å²) < 4.78 is 37.6. The van der Waals surface area contributed by atoms with E-state index in [1.807, 2.05) is 0 Å². The van der Waals surface area contributed by atoms with Crippen molar-refractivity contribution in [2.45, 2.75) is 64.3 Å². The molecule has 3 fully saturated rings. The van der Waals surface area contributed by atoms with Crippen molar-refractivity contribution in [2.75, 3.05) is 25.5 Å². The lowest BCUT2D eigenvalue weighted by Gasteiger charge is -2.38. The zero-order valence-corrected chi connectivity index (χ0v) is 18.7. The first-order valence-corrected chi connectivity index (χ1v) is 11.5. The largest absolute Gasteiger partial charge is 0.431 e. The molecule has 0 aromatic carbocycles. The molecule has 5 atom stereocenters. The maximum absolute atomic E-state index is 12.7. The number of hydrogen-bond acceptors (Lipinski definition) is 6. The molecule has 0 bridgehead atoms. The lowest BCUT2D eigenvalue weighted by atomic mass is 10.0. The third-order valence-corrected chi connectivity index (χ3v) is 7.30. The van der Waals surface area contributed by atoms with Crippen LogP contribution in [0.5, 0.6) is 5.75 Å². The van der Waals surface area contributed by atoms with Crippen LogP contribution >= 0.6 is 0 Å². The molecule has 1 aliphatic heterocycles. The second kappa shape index (κ2) is 8.26. The van der Waals surface area contributed by atoms with E-state index in [1.54, 1.807) is 6.20 Å². The molecule has 32 heavy (non-hydrogen) atoms. The minimum Gasteiger partial charge on any atom is -0.431 e. The van der Waals surface area contributed by atoms with Crippen molar-refractivity contribution < 1.29 is 18.3 Å². The van der Waals surface area contributed by atoms with E-state index >= 15 is 0 Å². The number of alkyl halides is 2. The number of anilines is 1. The van der Waals surface area contributed by atoms with E-state index in [2.05, 4.69) is 46.1 Å². The second-order valence-electron chi connectivity index (χ2n) is 9.62. The van der Waals surface area contributed by atoms with E-state index in [-0.39, 0.29) is 17.6 Å². The number of nitrogen functional groups attached to an aromatic ring is 1. The smallest absolute Gasteiger partial charge is 0.387 e. The predicted molar refractivity (Wildman–Crippen MR) is 117 cm³/mol. The van der Waals surface area contributed by atoms with E-state index in [0.29, 0.717) is 41.1 Å². The maximum Gasteiger partial charge on any atom is 0.387 e. The molecule has 3 heterocycles. The summed E-state index contributed by atoms with van der Waals surface area (Å²) in [5.74, 6) is 1.69. The van der Waals surface area contributed by atoms with Gasteiger partial charge in [-0.15, -0.1) is 0 Å². The van der Waals surface area contributed by atoms with Crippen LogP contribution in [0.3, 0.4) is 0 Å². The van der Waals surface area contributed by atoms with E-state index in [1.165, 1.54) is 24.6 Å². The minimum absolute atomic E-state index is 0.0577. The van der Waals surface area contributed by atoms with Gasteiger partial charge in [-0.25, -0.2) is 4.98 Å². The molecule has 3 aliphatic rings. The number of pyridine rings is 1. The highest BCUT2D eigenvalue weighted by Gasteiger charge is 2.59. The first kappa shape index (κ1) is 21.6. The van der Waals surface area contributed by atoms with Crippen molar-refractivity contribution in [1.29, 1.82) is 0 Å². The van der Waals surface area contributed by atoms with E-state index in [0.717, 1.165) is 19.8 Å². The Morgan fingerprint density at radius 1 is 1.22 bits per heavy atom. The summed E-state index contributed by atoms with van der Waals surface area (Å²) in [5, 5.41) is 4.81. The summed E-state index contributed by atoms with van der Waals surface area (Å²) in [6.45, 7) is 6.21. The number of fused-ring (bicyclic) bond motifs is 1. The van der Waals surface area contributed by atoms with Gasteiger partial charge in [-0.1, -0.05) is 0 Å². The molecule has 5 rings (SSSR count). The lowest BCUT2D eigenvalue weighted by molar-refractivity contribution is -0.0494. The van der Waals surface area contributed by atoms with Crippen LogP contribution in [0.15, 0.2) is 18.3 Å². The van der Waals surface area contributed by atoms with E-state index in [4.69, 9.17) is 15.6 Å². The van der Waals surface area contributed by atoms with Gasteiger partial charge in [0.05, 0.1) is 18.9 Å². The zero-order valence-electron chi connectivity index (χ0n) is 18.7. The SMILES string of the molecule is CC(C)n1nc(-c2cnc(N)c(OC(F)F)c2)cc1C1[C@H]2CC(N3CCOC[C@H]3C)C[C@@H]12. The number of rotatable bonds is 6. The average Bonchev–Trinajstić information content (AvgIpc) is 3.09. The molecular formula is C23H31F2N5O2. The summed E-state index contributed by atoms with van der Waals surface area (Å²) in [5.41, 5.74) is 8.26. The Balaban J connectivity index is 1.36. The number of ether oxygens (including phenoxy) is 2. The Labute approximate surface area is 186 Å². The molecule has 2 unspecified atom stereocenters. The monoisotopic (exact) mass is 447 g/mol. The normalized spacial score (nSPS) is 30.2. The molecule has 174 valence electrons. The zero-order chi connectivity index (χ0) is 22.6. The molecule has 2 aliphatic carbocycles. The summed E-state index contributed by atoms with van der Waals surface area (Å²) in [7, 11) is 0. The average molecular weight is 448 g/mol. The van der Waals surface area contributed by atoms with Gasteiger partial charge in [0.1, 0.15) is 0 Å². The predicted octanol–water partition coefficient (Wildman–Crippen LogP) is 3.92. The number of morpholine rings is 1. The van der Waals surface area contributed by atoms with Crippen LogP contribution < -0.4 is 10.5 Å². The van der Waals surface area contributed by atoms with Crippen LogP contribution in [0.1, 0.15) is 51.3 Å². The first-order chi connectivity index (χ1) is 15.3. The van der Waals surface area contributed by atoms with Crippen LogP contribution in [-0.4, -0.2) is 58.1 Å². The highest BCUT2D eigenvalue weighted by atomic mass is 19.3. The standard InChI is InChI=1S/C23H31F2N5O2/c1-12(2)30-19(9-18(28-30)14-6-20(32-23(24)25)22(26)27-10-14)21-16-7-15(8-17(16)21)29-4-5-31-11-13(29)3/h6,9-10,12-13,15-17,21,23H,4-5,7-8,11H2,1-3H3,(H2,26,27)/t13-,15?,16-,17+,21?/m1/s1. The lowest BCUT2D eigenvalue weighted by Crippen LogP contribution is -2.49. The Morgan fingerprint density at radius 2 is 1.97 bits per heavy atom. The molecule has 9 heteroatoms. The van der Waals surface area contributed by atoms with Crippen LogP contribution in [0.4, 0.5) is 14.6 Å². The Kier molecular flexibility index (Phi) is 5.57. The van der Waals surface area contributed by atoms with Gasteiger partial charge in [0.15, 0.2) is 11.6 Å². The summed E-state index contributed by atoms with van der Waals surface area (Å²) in [6.07, 6.45) is 4.00. The number of nitrogens with two attached hydrogens (primary N) is 1. The molecule has 1 saturated heterocycles. The molecule has 0 radical (unpaired) electrons. The third kappa shape index (κ3) is 3.85. The van der Waals surface area contributed by atoms with E-state index in [9.17, 15) is 8.78 Å². The van der Waals surface area contributed by atoms with Crippen molar-refractivity contribution >= 4 is 5.82 Å². The van der Waals surface area contributed by atoms with Crippen molar-refractivity contribution in [1.82, 2.24) is 19.7 Å². The highest BCUT2D eigenvalue weighted by molar-refractivity contribution is 5.64. The van der Waals surface area contributed by atoms with Crippen molar-refractivity contribution in [2.24, 2.45) is 11.8 Å². The molecule has 2 aromatic rings. The number of aromatic nitrogens is 3. The molecule has 0 spiro atoms. The second-order valence-corrected chi connectivity index (χ2v) is 9.62. The third-order valence-electron chi connectivity index (χ3n) is 7.30.